The molecule has 1 aliphatic heterocycles. The highest BCUT2D eigenvalue weighted by atomic mass is 16.7. The lowest BCUT2D eigenvalue weighted by Gasteiger charge is -2.18. The number of hydrazone groups is 1. The van der Waals surface area contributed by atoms with Gasteiger partial charge in [-0.15, -0.1) is 0 Å². The highest BCUT2D eigenvalue weighted by molar-refractivity contribution is 5.98. The summed E-state index contributed by atoms with van der Waals surface area (Å²) in [5.74, 6) is 0.0437. The first-order chi connectivity index (χ1) is 17.0. The molecule has 11 heteroatoms. The minimum atomic E-state index is -1.10. The molecule has 4 rings (SSSR count). The number of benzene rings is 3. The molecule has 1 heterocycles. The van der Waals surface area contributed by atoms with E-state index in [2.05, 4.69) is 15.8 Å². The Bertz CT molecular complexity index is 1280. The van der Waals surface area contributed by atoms with Gasteiger partial charge in [0, 0.05) is 5.56 Å². The summed E-state index contributed by atoms with van der Waals surface area (Å²) >= 11 is 0. The van der Waals surface area contributed by atoms with Crippen LogP contribution in [0, 0.1) is 10.1 Å². The Morgan fingerprint density at radius 3 is 2.43 bits per heavy atom. The Balaban J connectivity index is 1.56. The van der Waals surface area contributed by atoms with Crippen LogP contribution in [0.25, 0.3) is 0 Å². The number of hydrogen-bond acceptors (Lipinski definition) is 8. The van der Waals surface area contributed by atoms with Crippen molar-refractivity contribution in [2.45, 2.75) is 6.04 Å². The number of nitrogens with zero attached hydrogens (tertiary/aromatic N) is 2. The number of ether oxygens (including phenoxy) is 3. The Morgan fingerprint density at radius 2 is 1.77 bits per heavy atom. The number of methoxy groups -OCH3 is 1. The number of rotatable bonds is 8. The highest BCUT2D eigenvalue weighted by Gasteiger charge is 2.25. The Kier molecular flexibility index (Phi) is 6.86. The lowest BCUT2D eigenvalue weighted by Crippen LogP contribution is -2.38. The van der Waals surface area contributed by atoms with Crippen molar-refractivity contribution in [3.8, 4) is 17.2 Å². The van der Waals surface area contributed by atoms with E-state index >= 15 is 0 Å². The van der Waals surface area contributed by atoms with Crippen LogP contribution in [0.4, 0.5) is 5.69 Å². The predicted octanol–water partition coefficient (Wildman–Crippen LogP) is 2.95. The molecule has 3 aromatic carbocycles. The first kappa shape index (κ1) is 23.2. The van der Waals surface area contributed by atoms with Crippen LogP contribution < -0.4 is 25.0 Å². The summed E-state index contributed by atoms with van der Waals surface area (Å²) in [6, 6.07) is 16.5. The van der Waals surface area contributed by atoms with Crippen molar-refractivity contribution in [2.75, 3.05) is 13.9 Å². The van der Waals surface area contributed by atoms with Gasteiger partial charge in [0.1, 0.15) is 11.8 Å². The summed E-state index contributed by atoms with van der Waals surface area (Å²) < 4.78 is 15.6. The van der Waals surface area contributed by atoms with E-state index in [0.717, 1.165) is 6.21 Å². The fourth-order valence-corrected chi connectivity index (χ4v) is 3.34. The number of hydrogen-bond donors (Lipinski definition) is 2. The zero-order valence-electron chi connectivity index (χ0n) is 18.5. The molecule has 0 spiro atoms. The number of amides is 2. The Labute approximate surface area is 199 Å². The third kappa shape index (κ3) is 5.36. The molecule has 0 saturated heterocycles. The summed E-state index contributed by atoms with van der Waals surface area (Å²) in [6.45, 7) is -0.0471. The average molecular weight is 476 g/mol. The van der Waals surface area contributed by atoms with E-state index in [0.29, 0.717) is 22.6 Å². The molecule has 0 unspecified atom stereocenters. The second-order valence-corrected chi connectivity index (χ2v) is 7.30. The Morgan fingerprint density at radius 1 is 1.09 bits per heavy atom. The van der Waals surface area contributed by atoms with Crippen LogP contribution in [0.3, 0.4) is 0 Å². The van der Waals surface area contributed by atoms with Gasteiger partial charge in [-0.05, 0) is 35.9 Å². The number of nitro benzene ring substituents is 1. The summed E-state index contributed by atoms with van der Waals surface area (Å²) in [6.07, 6.45) is 1.13. The topological polar surface area (TPSA) is 141 Å². The molecule has 178 valence electrons. The molecule has 3 aromatic rings. The average Bonchev–Trinajstić information content (AvgIpc) is 3.34. The zero-order valence-corrected chi connectivity index (χ0v) is 18.5. The molecule has 0 radical (unpaired) electrons. The van der Waals surface area contributed by atoms with Gasteiger partial charge in [-0.3, -0.25) is 19.7 Å². The van der Waals surface area contributed by atoms with Gasteiger partial charge in [0.2, 0.25) is 6.79 Å². The van der Waals surface area contributed by atoms with E-state index < -0.39 is 22.8 Å². The fraction of sp³-hybridized carbons (Fsp3) is 0.125. The van der Waals surface area contributed by atoms with Crippen molar-refractivity contribution in [1.82, 2.24) is 10.7 Å². The number of fused-ring (bicyclic) bond motifs is 1. The van der Waals surface area contributed by atoms with E-state index in [1.165, 1.54) is 19.2 Å². The van der Waals surface area contributed by atoms with Crippen molar-refractivity contribution >= 4 is 23.7 Å². The summed E-state index contributed by atoms with van der Waals surface area (Å²) in [5, 5.41) is 18.0. The first-order valence-corrected chi connectivity index (χ1v) is 10.4. The first-order valence-electron chi connectivity index (χ1n) is 10.4. The molecule has 0 saturated carbocycles. The largest absolute Gasteiger partial charge is 0.497 e. The predicted molar refractivity (Wildman–Crippen MR) is 125 cm³/mol. The maximum Gasteiger partial charge on any atom is 0.282 e. The van der Waals surface area contributed by atoms with E-state index in [1.54, 1.807) is 54.6 Å². The van der Waals surface area contributed by atoms with Gasteiger partial charge >= 0.3 is 0 Å². The normalized spacial score (nSPS) is 12.7. The quantitative estimate of drug-likeness (QED) is 0.289. The second-order valence-electron chi connectivity index (χ2n) is 7.30. The minimum absolute atomic E-state index is 0.0471. The molecule has 2 amide bonds. The number of carbonyl (C=O) groups is 2. The van der Waals surface area contributed by atoms with Crippen molar-refractivity contribution < 1.29 is 28.7 Å². The van der Waals surface area contributed by atoms with Gasteiger partial charge in [0.25, 0.3) is 17.5 Å². The van der Waals surface area contributed by atoms with Crippen LogP contribution in [-0.2, 0) is 4.79 Å². The number of nitrogens with one attached hydrogen (secondary N) is 2. The highest BCUT2D eigenvalue weighted by Crippen LogP contribution is 2.37. The summed E-state index contributed by atoms with van der Waals surface area (Å²) in [5.41, 5.74) is 3.03. The zero-order chi connectivity index (χ0) is 24.8. The maximum absolute atomic E-state index is 13.0. The van der Waals surface area contributed by atoms with Crippen LogP contribution in [0.15, 0.2) is 71.8 Å². The molecule has 1 aliphatic rings. The van der Waals surface area contributed by atoms with Gasteiger partial charge in [0.05, 0.1) is 29.9 Å². The van der Waals surface area contributed by atoms with Crippen molar-refractivity contribution in [1.29, 1.82) is 0 Å². The van der Waals surface area contributed by atoms with E-state index in [4.69, 9.17) is 14.2 Å². The summed E-state index contributed by atoms with van der Waals surface area (Å²) in [4.78, 5) is 36.6. The van der Waals surface area contributed by atoms with Gasteiger partial charge in [0.15, 0.2) is 11.5 Å². The minimum Gasteiger partial charge on any atom is -0.497 e. The molecular formula is C24H20N4O7. The van der Waals surface area contributed by atoms with Crippen LogP contribution in [0.1, 0.15) is 27.5 Å². The van der Waals surface area contributed by atoms with Crippen LogP contribution in [0.2, 0.25) is 0 Å². The molecule has 11 nitrogen and oxygen atoms in total. The van der Waals surface area contributed by atoms with Gasteiger partial charge in [-0.1, -0.05) is 30.3 Å². The van der Waals surface area contributed by atoms with Crippen LogP contribution in [-0.4, -0.2) is 36.9 Å². The SMILES string of the molecule is COc1ccc([C@@H](NC(=O)c2ccccc2)C(=O)N/N=C\c2cc3c(cc2[N+](=O)[O-])OCO3)cc1. The van der Waals surface area contributed by atoms with Crippen molar-refractivity contribution in [2.24, 2.45) is 5.10 Å². The van der Waals surface area contributed by atoms with E-state index in [-0.39, 0.29) is 23.8 Å². The molecule has 2 N–H and O–H groups in total. The maximum atomic E-state index is 13.0. The lowest BCUT2D eigenvalue weighted by molar-refractivity contribution is -0.385. The molecule has 0 fully saturated rings. The molecule has 1 atom stereocenters. The molecule has 35 heavy (non-hydrogen) atoms. The smallest absolute Gasteiger partial charge is 0.282 e. The number of carbonyl (C=O) groups excluding carboxylic acids is 2. The molecule has 0 bridgehead atoms. The molecule has 0 aliphatic carbocycles. The van der Waals surface area contributed by atoms with Crippen molar-refractivity contribution in [3.05, 3.63) is 93.5 Å². The van der Waals surface area contributed by atoms with E-state index in [1.807, 2.05) is 0 Å². The standard InChI is InChI=1S/C24H20N4O7/c1-33-18-9-7-15(8-10-18)22(26-23(29)16-5-3-2-4-6-16)24(30)27-25-13-17-11-20-21(35-14-34-20)12-19(17)28(31)32/h2-13,22H,14H2,1H3,(H,26,29)(H,27,30)/b25-13-/t22-/m1/s1. The van der Waals surface area contributed by atoms with Gasteiger partial charge in [-0.2, -0.15) is 5.10 Å². The fourth-order valence-electron chi connectivity index (χ4n) is 3.34. The molecular weight excluding hydrogens is 456 g/mol. The van der Waals surface area contributed by atoms with Crippen LogP contribution >= 0.6 is 0 Å². The van der Waals surface area contributed by atoms with E-state index in [9.17, 15) is 19.7 Å². The van der Waals surface area contributed by atoms with Crippen LogP contribution in [0.5, 0.6) is 17.2 Å². The van der Waals surface area contributed by atoms with Gasteiger partial charge < -0.3 is 19.5 Å². The third-order valence-corrected chi connectivity index (χ3v) is 5.12. The molecule has 0 aromatic heterocycles. The van der Waals surface area contributed by atoms with Crippen molar-refractivity contribution in [3.63, 3.8) is 0 Å². The monoisotopic (exact) mass is 476 g/mol. The lowest BCUT2D eigenvalue weighted by atomic mass is 10.1. The summed E-state index contributed by atoms with van der Waals surface area (Å²) in [7, 11) is 1.51. The second kappa shape index (κ2) is 10.3. The number of nitro groups is 1. The third-order valence-electron chi connectivity index (χ3n) is 5.12. The Hall–Kier alpha value is -4.93. The van der Waals surface area contributed by atoms with Gasteiger partial charge in [-0.25, -0.2) is 5.43 Å².